The first-order valence-electron chi connectivity index (χ1n) is 3.73. The molecule has 1 rings (SSSR count). The highest BCUT2D eigenvalue weighted by Gasteiger charge is 1.99. The Bertz CT molecular complexity index is 355. The summed E-state index contributed by atoms with van der Waals surface area (Å²) in [5.74, 6) is -0.532. The van der Waals surface area contributed by atoms with Gasteiger partial charge in [-0.3, -0.25) is 0 Å². The van der Waals surface area contributed by atoms with Gasteiger partial charge in [-0.25, -0.2) is 4.79 Å². The van der Waals surface area contributed by atoms with Gasteiger partial charge in [0.15, 0.2) is 6.61 Å². The van der Waals surface area contributed by atoms with Gasteiger partial charge in [0.25, 0.3) is 0 Å². The van der Waals surface area contributed by atoms with Gasteiger partial charge in [0.2, 0.25) is 0 Å². The number of hydrogen-bond donors (Lipinski definition) is 1. The Morgan fingerprint density at radius 2 is 2.14 bits per heavy atom. The van der Waals surface area contributed by atoms with E-state index in [1.54, 1.807) is 24.3 Å². The van der Waals surface area contributed by atoms with Crippen LogP contribution in [0.15, 0.2) is 29.2 Å². The number of ether oxygens (including phenoxy) is 1. The van der Waals surface area contributed by atoms with Gasteiger partial charge in [0.05, 0.1) is 0 Å². The van der Waals surface area contributed by atoms with E-state index in [9.17, 15) is 4.79 Å². The second-order valence-electron chi connectivity index (χ2n) is 2.35. The minimum Gasteiger partial charge on any atom is -0.482 e. The fourth-order valence-electron chi connectivity index (χ4n) is 0.802. The zero-order chi connectivity index (χ0) is 10.4. The van der Waals surface area contributed by atoms with E-state index in [-0.39, 0.29) is 6.61 Å². The van der Waals surface area contributed by atoms with Gasteiger partial charge in [-0.2, -0.15) is 5.26 Å². The van der Waals surface area contributed by atoms with Gasteiger partial charge >= 0.3 is 5.97 Å². The lowest BCUT2D eigenvalue weighted by molar-refractivity contribution is -0.139. The molecule has 72 valence electrons. The van der Waals surface area contributed by atoms with E-state index in [0.29, 0.717) is 5.75 Å². The lowest BCUT2D eigenvalue weighted by atomic mass is 10.3. The molecule has 0 saturated heterocycles. The minimum absolute atomic E-state index is 0.356. The summed E-state index contributed by atoms with van der Waals surface area (Å²) in [5.41, 5.74) is 0. The van der Waals surface area contributed by atoms with Gasteiger partial charge in [-0.15, -0.1) is 0 Å². The normalized spacial score (nSPS) is 9.07. The topological polar surface area (TPSA) is 70.3 Å². The van der Waals surface area contributed by atoms with Gasteiger partial charge in [0.1, 0.15) is 11.2 Å². The molecule has 0 amide bonds. The maximum Gasteiger partial charge on any atom is 0.341 e. The van der Waals surface area contributed by atoms with Crippen LogP contribution in [0.1, 0.15) is 0 Å². The lowest BCUT2D eigenvalue weighted by Gasteiger charge is -2.02. The lowest BCUT2D eigenvalue weighted by Crippen LogP contribution is -2.09. The molecule has 0 aliphatic heterocycles. The molecule has 0 radical (unpaired) electrons. The number of nitriles is 1. The van der Waals surface area contributed by atoms with Crippen molar-refractivity contribution in [2.45, 2.75) is 4.90 Å². The molecule has 0 unspecified atom stereocenters. The van der Waals surface area contributed by atoms with E-state index >= 15 is 0 Å². The van der Waals surface area contributed by atoms with Crippen molar-refractivity contribution < 1.29 is 14.6 Å². The molecule has 0 saturated carbocycles. The van der Waals surface area contributed by atoms with E-state index in [0.717, 1.165) is 16.7 Å². The highest BCUT2D eigenvalue weighted by molar-refractivity contribution is 8.03. The first kappa shape index (κ1) is 10.4. The van der Waals surface area contributed by atoms with Gasteiger partial charge in [-0.1, -0.05) is 0 Å². The number of thioether (sulfide) groups is 1. The monoisotopic (exact) mass is 209 g/mol. The summed E-state index contributed by atoms with van der Waals surface area (Å²) in [6, 6.07) is 6.65. The van der Waals surface area contributed by atoms with Crippen molar-refractivity contribution in [3.63, 3.8) is 0 Å². The summed E-state index contributed by atoms with van der Waals surface area (Å²) < 4.78 is 4.91. The van der Waals surface area contributed by atoms with Gasteiger partial charge in [-0.05, 0) is 36.0 Å². The van der Waals surface area contributed by atoms with E-state index in [4.69, 9.17) is 15.1 Å². The molecule has 0 atom stereocenters. The van der Waals surface area contributed by atoms with E-state index in [1.165, 1.54) is 0 Å². The van der Waals surface area contributed by atoms with Crippen molar-refractivity contribution >= 4 is 17.7 Å². The number of aliphatic carboxylic acids is 1. The molecule has 0 aromatic heterocycles. The molecular formula is C9H7NO3S. The quantitative estimate of drug-likeness (QED) is 0.604. The fourth-order valence-corrected chi connectivity index (χ4v) is 1.18. The summed E-state index contributed by atoms with van der Waals surface area (Å²) in [7, 11) is 0. The Hall–Kier alpha value is -1.67. The van der Waals surface area contributed by atoms with Crippen LogP contribution in [0.5, 0.6) is 5.75 Å². The number of nitrogens with zero attached hydrogens (tertiary/aromatic N) is 1. The number of carbonyl (C=O) groups is 1. The molecular weight excluding hydrogens is 202 g/mol. The summed E-state index contributed by atoms with van der Waals surface area (Å²) in [6.07, 6.45) is 0. The van der Waals surface area contributed by atoms with Crippen molar-refractivity contribution in [1.29, 1.82) is 5.26 Å². The van der Waals surface area contributed by atoms with Crippen molar-refractivity contribution in [1.82, 2.24) is 0 Å². The summed E-state index contributed by atoms with van der Waals surface area (Å²) in [6.45, 7) is -0.356. The second-order valence-corrected chi connectivity index (χ2v) is 3.21. The molecule has 5 heteroatoms. The summed E-state index contributed by atoms with van der Waals surface area (Å²) in [4.78, 5) is 11.0. The van der Waals surface area contributed by atoms with Crippen molar-refractivity contribution in [3.05, 3.63) is 24.3 Å². The standard InChI is InChI=1S/C9H7NO3S/c10-6-14-8-3-1-7(2-4-8)13-5-9(11)12/h1-4H,5H2,(H,11,12). The Morgan fingerprint density at radius 1 is 1.50 bits per heavy atom. The third-order valence-electron chi connectivity index (χ3n) is 1.35. The van der Waals surface area contributed by atoms with E-state index in [2.05, 4.69) is 0 Å². The Labute approximate surface area is 85.1 Å². The first-order valence-corrected chi connectivity index (χ1v) is 4.54. The van der Waals surface area contributed by atoms with Crippen molar-refractivity contribution in [3.8, 4) is 11.2 Å². The highest BCUT2D eigenvalue weighted by atomic mass is 32.2. The second kappa shape index (κ2) is 5.14. The van der Waals surface area contributed by atoms with Crippen LogP contribution in [0, 0.1) is 10.7 Å². The number of rotatable bonds is 4. The molecule has 0 fully saturated rings. The molecule has 14 heavy (non-hydrogen) atoms. The number of hydrogen-bond acceptors (Lipinski definition) is 4. The number of carboxylic acids is 1. The number of thiocyanates is 1. The third-order valence-corrected chi connectivity index (χ3v) is 1.95. The first-order chi connectivity index (χ1) is 6.72. The van der Waals surface area contributed by atoms with Gasteiger partial charge in [0, 0.05) is 4.90 Å². The SMILES string of the molecule is N#CSc1ccc(OCC(=O)O)cc1. The molecule has 0 bridgehead atoms. The number of benzene rings is 1. The predicted molar refractivity (Wildman–Crippen MR) is 51.0 cm³/mol. The average molecular weight is 209 g/mol. The minimum atomic E-state index is -1.01. The zero-order valence-electron chi connectivity index (χ0n) is 7.14. The molecule has 1 aromatic carbocycles. The third kappa shape index (κ3) is 3.37. The highest BCUT2D eigenvalue weighted by Crippen LogP contribution is 2.20. The summed E-state index contributed by atoms with van der Waals surface area (Å²) >= 11 is 1.04. The van der Waals surface area contributed by atoms with Crippen molar-refractivity contribution in [2.24, 2.45) is 0 Å². The van der Waals surface area contributed by atoms with Crippen LogP contribution in [-0.2, 0) is 4.79 Å². The predicted octanol–water partition coefficient (Wildman–Crippen LogP) is 1.72. The largest absolute Gasteiger partial charge is 0.482 e. The summed E-state index contributed by atoms with van der Waals surface area (Å²) in [5, 5.41) is 18.6. The maximum atomic E-state index is 10.2. The zero-order valence-corrected chi connectivity index (χ0v) is 7.95. The fraction of sp³-hybridized carbons (Fsp3) is 0.111. The molecule has 1 N–H and O–H groups in total. The molecule has 1 aromatic rings. The molecule has 0 heterocycles. The molecule has 0 aliphatic rings. The average Bonchev–Trinajstić information content (AvgIpc) is 2.17. The Balaban J connectivity index is 2.56. The molecule has 4 nitrogen and oxygen atoms in total. The van der Waals surface area contributed by atoms with Crippen molar-refractivity contribution in [2.75, 3.05) is 6.61 Å². The maximum absolute atomic E-state index is 10.2. The van der Waals surface area contributed by atoms with Crippen LogP contribution < -0.4 is 4.74 Å². The molecule has 0 aliphatic carbocycles. The van der Waals surface area contributed by atoms with E-state index < -0.39 is 5.97 Å². The molecule has 0 spiro atoms. The Morgan fingerprint density at radius 3 is 2.64 bits per heavy atom. The van der Waals surface area contributed by atoms with E-state index in [1.807, 2.05) is 5.40 Å². The smallest absolute Gasteiger partial charge is 0.341 e. The van der Waals surface area contributed by atoms with Crippen LogP contribution in [-0.4, -0.2) is 17.7 Å². The van der Waals surface area contributed by atoms with Gasteiger partial charge < -0.3 is 9.84 Å². The Kier molecular flexibility index (Phi) is 3.83. The van der Waals surface area contributed by atoms with Crippen LogP contribution in [0.2, 0.25) is 0 Å². The van der Waals surface area contributed by atoms with Crippen LogP contribution in [0.25, 0.3) is 0 Å². The van der Waals surface area contributed by atoms with Crippen LogP contribution in [0.4, 0.5) is 0 Å². The number of carboxylic acid groups (broad SMARTS) is 1. The van der Waals surface area contributed by atoms with Crippen LogP contribution in [0.3, 0.4) is 0 Å². The van der Waals surface area contributed by atoms with Crippen LogP contribution >= 0.6 is 11.8 Å².